The van der Waals surface area contributed by atoms with Crippen molar-refractivity contribution in [1.29, 1.82) is 0 Å². The molecule has 2 aliphatic carbocycles. The van der Waals surface area contributed by atoms with Gasteiger partial charge in [0.05, 0.1) is 11.7 Å². The van der Waals surface area contributed by atoms with Gasteiger partial charge in [0.1, 0.15) is 5.57 Å². The van der Waals surface area contributed by atoms with E-state index >= 15 is 0 Å². The normalized spacial score (nSPS) is 24.9. The van der Waals surface area contributed by atoms with Crippen LogP contribution in [0.15, 0.2) is 41.6 Å². The van der Waals surface area contributed by atoms with Crippen LogP contribution in [-0.4, -0.2) is 50.6 Å². The topological polar surface area (TPSA) is 90.0 Å². The van der Waals surface area contributed by atoms with Crippen molar-refractivity contribution in [3.8, 4) is 0 Å². The molecule has 35 heavy (non-hydrogen) atoms. The number of rotatable bonds is 3. The SMILES string of the molecule is CC(=O)N1NC(=C2C(=O)N(C3CCCCC3)C(=O)N(C3CCCCC3)C2=O)CC1c1ccccc1. The van der Waals surface area contributed by atoms with Gasteiger partial charge in [-0.15, -0.1) is 0 Å². The smallest absolute Gasteiger partial charge is 0.298 e. The number of hydrogen-bond donors (Lipinski definition) is 1. The van der Waals surface area contributed by atoms with Crippen molar-refractivity contribution in [3.05, 3.63) is 47.2 Å². The number of benzene rings is 1. The van der Waals surface area contributed by atoms with Gasteiger partial charge in [-0.2, -0.15) is 0 Å². The molecule has 0 spiro atoms. The molecule has 0 bridgehead atoms. The molecule has 186 valence electrons. The lowest BCUT2D eigenvalue weighted by atomic mass is 9.90. The number of nitrogens with zero attached hydrogens (tertiary/aromatic N) is 3. The van der Waals surface area contributed by atoms with Crippen molar-refractivity contribution < 1.29 is 19.2 Å². The molecule has 5 rings (SSSR count). The lowest BCUT2D eigenvalue weighted by Crippen LogP contribution is -2.62. The van der Waals surface area contributed by atoms with Crippen LogP contribution in [0.3, 0.4) is 0 Å². The fourth-order valence-electron chi connectivity index (χ4n) is 6.15. The summed E-state index contributed by atoms with van der Waals surface area (Å²) >= 11 is 0. The first-order valence-corrected chi connectivity index (χ1v) is 13.0. The Balaban J connectivity index is 1.56. The first-order valence-electron chi connectivity index (χ1n) is 13.0. The van der Waals surface area contributed by atoms with Gasteiger partial charge >= 0.3 is 6.03 Å². The summed E-state index contributed by atoms with van der Waals surface area (Å²) in [5.41, 5.74) is 4.46. The Kier molecular flexibility index (Phi) is 6.62. The maximum Gasteiger partial charge on any atom is 0.334 e. The van der Waals surface area contributed by atoms with Crippen LogP contribution in [0.5, 0.6) is 0 Å². The number of barbiturate groups is 1. The number of amides is 5. The molecule has 2 saturated heterocycles. The monoisotopic (exact) mass is 478 g/mol. The van der Waals surface area contributed by atoms with Gasteiger partial charge in [-0.3, -0.25) is 29.6 Å². The van der Waals surface area contributed by atoms with Gasteiger partial charge in [0.2, 0.25) is 5.91 Å². The summed E-state index contributed by atoms with van der Waals surface area (Å²) in [5, 5.41) is 1.49. The van der Waals surface area contributed by atoms with Gasteiger partial charge in [0.25, 0.3) is 11.8 Å². The minimum atomic E-state index is -0.515. The summed E-state index contributed by atoms with van der Waals surface area (Å²) in [5.74, 6) is -1.23. The van der Waals surface area contributed by atoms with Gasteiger partial charge < -0.3 is 0 Å². The van der Waals surface area contributed by atoms with E-state index in [-0.39, 0.29) is 29.6 Å². The van der Waals surface area contributed by atoms with E-state index in [1.54, 1.807) is 0 Å². The third-order valence-electron chi connectivity index (χ3n) is 7.95. The summed E-state index contributed by atoms with van der Waals surface area (Å²) < 4.78 is 0. The van der Waals surface area contributed by atoms with Crippen molar-refractivity contribution >= 4 is 23.8 Å². The lowest BCUT2D eigenvalue weighted by Gasteiger charge is -2.43. The number of carbonyl (C=O) groups is 4. The molecule has 1 aromatic carbocycles. The summed E-state index contributed by atoms with van der Waals surface area (Å²) in [6.45, 7) is 1.47. The molecule has 2 saturated carbocycles. The Morgan fingerprint density at radius 3 is 1.80 bits per heavy atom. The van der Waals surface area contributed by atoms with Crippen LogP contribution >= 0.6 is 0 Å². The van der Waals surface area contributed by atoms with Crippen LogP contribution in [0, 0.1) is 0 Å². The zero-order valence-electron chi connectivity index (χ0n) is 20.4. The zero-order valence-corrected chi connectivity index (χ0v) is 20.4. The largest absolute Gasteiger partial charge is 0.334 e. The zero-order chi connectivity index (χ0) is 24.5. The van der Waals surface area contributed by atoms with Crippen molar-refractivity contribution in [3.63, 3.8) is 0 Å². The molecule has 0 radical (unpaired) electrons. The Hall–Kier alpha value is -3.16. The summed E-state index contributed by atoms with van der Waals surface area (Å²) in [6.07, 6.45) is 9.47. The molecule has 8 nitrogen and oxygen atoms in total. The quantitative estimate of drug-likeness (QED) is 0.520. The minimum absolute atomic E-state index is 0.0189. The second-order valence-electron chi connectivity index (χ2n) is 10.2. The maximum absolute atomic E-state index is 13.8. The van der Waals surface area contributed by atoms with Gasteiger partial charge in [-0.05, 0) is 31.2 Å². The van der Waals surface area contributed by atoms with E-state index in [9.17, 15) is 19.2 Å². The fourth-order valence-corrected chi connectivity index (χ4v) is 6.15. The Bertz CT molecular complexity index is 999. The predicted molar refractivity (Wildman–Crippen MR) is 129 cm³/mol. The number of imide groups is 2. The van der Waals surface area contributed by atoms with E-state index in [1.807, 2.05) is 30.3 Å². The number of hydrazine groups is 1. The average Bonchev–Trinajstić information content (AvgIpc) is 3.31. The highest BCUT2D eigenvalue weighted by Crippen LogP contribution is 2.38. The first kappa shape index (κ1) is 23.6. The highest BCUT2D eigenvalue weighted by atomic mass is 16.2. The Morgan fingerprint density at radius 1 is 0.800 bits per heavy atom. The lowest BCUT2D eigenvalue weighted by molar-refractivity contribution is -0.140. The molecular formula is C27H34N4O4. The van der Waals surface area contributed by atoms with Gasteiger partial charge in [0, 0.05) is 25.4 Å². The first-order chi connectivity index (χ1) is 17.0. The number of carbonyl (C=O) groups excluding carboxylic acids is 4. The van der Waals surface area contributed by atoms with Crippen molar-refractivity contribution in [2.75, 3.05) is 0 Å². The molecule has 2 heterocycles. The van der Waals surface area contributed by atoms with Gasteiger partial charge in [0.15, 0.2) is 0 Å². The molecular weight excluding hydrogens is 444 g/mol. The van der Waals surface area contributed by atoms with E-state index in [0.29, 0.717) is 12.1 Å². The van der Waals surface area contributed by atoms with Crippen LogP contribution in [0.4, 0.5) is 4.79 Å². The van der Waals surface area contributed by atoms with Gasteiger partial charge in [-0.25, -0.2) is 9.80 Å². The second-order valence-corrected chi connectivity index (χ2v) is 10.2. The van der Waals surface area contributed by atoms with Crippen LogP contribution in [0.25, 0.3) is 0 Å². The second kappa shape index (κ2) is 9.84. The van der Waals surface area contributed by atoms with E-state index < -0.39 is 17.8 Å². The van der Waals surface area contributed by atoms with Crippen LogP contribution < -0.4 is 5.43 Å². The molecule has 4 fully saturated rings. The number of nitrogens with one attached hydrogen (secondary N) is 1. The molecule has 1 aromatic rings. The van der Waals surface area contributed by atoms with Crippen LogP contribution in [-0.2, 0) is 14.4 Å². The summed E-state index contributed by atoms with van der Waals surface area (Å²) in [6, 6.07) is 8.44. The van der Waals surface area contributed by atoms with Crippen molar-refractivity contribution in [2.24, 2.45) is 0 Å². The number of hydrogen-bond acceptors (Lipinski definition) is 5. The summed E-state index contributed by atoms with van der Waals surface area (Å²) in [4.78, 5) is 56.6. The highest BCUT2D eigenvalue weighted by molar-refractivity contribution is 6.29. The molecule has 1 unspecified atom stereocenters. The Morgan fingerprint density at radius 2 is 1.31 bits per heavy atom. The minimum Gasteiger partial charge on any atom is -0.298 e. The maximum atomic E-state index is 13.8. The third-order valence-corrected chi connectivity index (χ3v) is 7.95. The average molecular weight is 479 g/mol. The molecule has 5 amide bonds. The fraction of sp³-hybridized carbons (Fsp3) is 0.556. The van der Waals surface area contributed by atoms with E-state index in [1.165, 1.54) is 21.7 Å². The predicted octanol–water partition coefficient (Wildman–Crippen LogP) is 4.19. The standard InChI is InChI=1S/C27H34N4O4/c1-18(32)31-23(19-11-5-2-6-12-19)17-22(28-31)24-25(33)29(20-13-7-3-8-14-20)27(35)30(26(24)34)21-15-9-4-10-16-21/h2,5-6,11-12,20-21,23,28H,3-4,7-10,13-17H2,1H3. The highest BCUT2D eigenvalue weighted by Gasteiger charge is 2.50. The molecule has 1 N–H and O–H groups in total. The van der Waals surface area contributed by atoms with Gasteiger partial charge in [-0.1, -0.05) is 68.9 Å². The molecule has 8 heteroatoms. The molecule has 0 aromatic heterocycles. The van der Waals surface area contributed by atoms with E-state index in [0.717, 1.165) is 69.8 Å². The van der Waals surface area contributed by atoms with E-state index in [4.69, 9.17) is 0 Å². The van der Waals surface area contributed by atoms with Crippen LogP contribution in [0.2, 0.25) is 0 Å². The van der Waals surface area contributed by atoms with Crippen LogP contribution in [0.1, 0.15) is 89.2 Å². The molecule has 1 atom stereocenters. The number of urea groups is 1. The molecule has 4 aliphatic rings. The summed E-state index contributed by atoms with van der Waals surface area (Å²) in [7, 11) is 0. The van der Waals surface area contributed by atoms with Crippen molar-refractivity contribution in [2.45, 2.75) is 95.7 Å². The third kappa shape index (κ3) is 4.34. The molecule has 2 aliphatic heterocycles. The Labute approximate surface area is 206 Å². The van der Waals surface area contributed by atoms with E-state index in [2.05, 4.69) is 5.43 Å². The van der Waals surface area contributed by atoms with Crippen molar-refractivity contribution in [1.82, 2.24) is 20.2 Å².